The van der Waals surface area contributed by atoms with Gasteiger partial charge in [0, 0.05) is 18.1 Å². The fourth-order valence-corrected chi connectivity index (χ4v) is 3.25. The Morgan fingerprint density at radius 1 is 1.37 bits per heavy atom. The molecule has 2 aliphatic heterocycles. The average Bonchev–Trinajstić information content (AvgIpc) is 2.73. The summed E-state index contributed by atoms with van der Waals surface area (Å²) < 4.78 is 7.44. The summed E-state index contributed by atoms with van der Waals surface area (Å²) in [4.78, 5) is 11.6. The topological polar surface area (TPSA) is 51.5 Å². The van der Waals surface area contributed by atoms with Crippen LogP contribution in [-0.4, -0.2) is 28.9 Å². The number of rotatable bonds is 2. The summed E-state index contributed by atoms with van der Waals surface area (Å²) in [6, 6.07) is 6.19. The molecule has 4 heteroatoms. The second-order valence-corrected chi connectivity index (χ2v) is 5.57. The van der Waals surface area contributed by atoms with Crippen LogP contribution in [0, 0.1) is 0 Å². The van der Waals surface area contributed by atoms with Crippen LogP contribution in [0.1, 0.15) is 17.5 Å². The molecule has 3 heterocycles. The van der Waals surface area contributed by atoms with Crippen molar-refractivity contribution in [3.8, 4) is 0 Å². The molecule has 0 amide bonds. The maximum absolute atomic E-state index is 11.6. The van der Waals surface area contributed by atoms with Gasteiger partial charge in [0.2, 0.25) is 0 Å². The largest absolute Gasteiger partial charge is 0.480 e. The molecule has 2 aliphatic rings. The summed E-state index contributed by atoms with van der Waals surface area (Å²) in [6.07, 6.45) is 4.25. The van der Waals surface area contributed by atoms with E-state index in [4.69, 9.17) is 4.74 Å². The van der Waals surface area contributed by atoms with Crippen LogP contribution in [0.5, 0.6) is 0 Å². The predicted molar refractivity (Wildman–Crippen MR) is 70.4 cm³/mol. The first kappa shape index (κ1) is 11.1. The second kappa shape index (κ2) is 3.61. The first-order valence-corrected chi connectivity index (χ1v) is 6.64. The van der Waals surface area contributed by atoms with E-state index in [2.05, 4.69) is 22.9 Å². The zero-order valence-corrected chi connectivity index (χ0v) is 10.6. The van der Waals surface area contributed by atoms with E-state index >= 15 is 0 Å². The summed E-state index contributed by atoms with van der Waals surface area (Å²) in [7, 11) is 0. The van der Waals surface area contributed by atoms with Crippen LogP contribution in [0.4, 0.5) is 0 Å². The molecule has 0 unspecified atom stereocenters. The van der Waals surface area contributed by atoms with E-state index in [9.17, 15) is 9.90 Å². The minimum Gasteiger partial charge on any atom is -0.480 e. The Kier molecular flexibility index (Phi) is 2.10. The van der Waals surface area contributed by atoms with Gasteiger partial charge < -0.3 is 14.4 Å². The van der Waals surface area contributed by atoms with Gasteiger partial charge in [0.25, 0.3) is 0 Å². The fourth-order valence-electron chi connectivity index (χ4n) is 3.25. The molecule has 0 atom stereocenters. The van der Waals surface area contributed by atoms with E-state index in [0.717, 1.165) is 30.3 Å². The standard InChI is InChI=1S/C15H15NO3/c17-14(18)15(8-19-9-15)12-6-10-2-1-4-16-5-3-11(7-12)13(10)16/h3,5-7H,1-2,4,8-9H2,(H,17,18). The minimum atomic E-state index is -0.829. The number of carbonyl (C=O) groups is 1. The zero-order chi connectivity index (χ0) is 13.0. The predicted octanol–water partition coefficient (Wildman–Crippen LogP) is 1.94. The Labute approximate surface area is 110 Å². The SMILES string of the molecule is O=C(O)C1(c2cc3c4c(ccn4CCC3)c2)COC1. The van der Waals surface area contributed by atoms with Crippen molar-refractivity contribution in [3.05, 3.63) is 35.5 Å². The van der Waals surface area contributed by atoms with E-state index in [1.807, 2.05) is 6.07 Å². The van der Waals surface area contributed by atoms with Gasteiger partial charge in [-0.3, -0.25) is 4.79 Å². The van der Waals surface area contributed by atoms with Crippen molar-refractivity contribution in [2.24, 2.45) is 0 Å². The van der Waals surface area contributed by atoms with Crippen molar-refractivity contribution >= 4 is 16.9 Å². The van der Waals surface area contributed by atoms with E-state index < -0.39 is 11.4 Å². The van der Waals surface area contributed by atoms with Crippen molar-refractivity contribution in [2.45, 2.75) is 24.8 Å². The van der Waals surface area contributed by atoms with Crippen LogP contribution in [0.3, 0.4) is 0 Å². The molecule has 1 saturated heterocycles. The van der Waals surface area contributed by atoms with Gasteiger partial charge in [-0.2, -0.15) is 0 Å². The molecule has 0 spiro atoms. The third kappa shape index (κ3) is 1.35. The van der Waals surface area contributed by atoms with Gasteiger partial charge in [0.15, 0.2) is 0 Å². The molecule has 4 rings (SSSR count). The van der Waals surface area contributed by atoms with Gasteiger partial charge in [-0.1, -0.05) is 6.07 Å². The molecule has 98 valence electrons. The molecule has 2 aromatic rings. The summed E-state index contributed by atoms with van der Waals surface area (Å²) in [6.45, 7) is 1.63. The number of ether oxygens (including phenoxy) is 1. The third-order valence-electron chi connectivity index (χ3n) is 4.44. The Hall–Kier alpha value is -1.81. The lowest BCUT2D eigenvalue weighted by Crippen LogP contribution is -2.53. The normalized spacial score (nSPS) is 20.2. The maximum Gasteiger partial charge on any atom is 0.318 e. The van der Waals surface area contributed by atoms with Crippen molar-refractivity contribution in [2.75, 3.05) is 13.2 Å². The lowest BCUT2D eigenvalue weighted by Gasteiger charge is -2.38. The van der Waals surface area contributed by atoms with Crippen LogP contribution < -0.4 is 0 Å². The molecule has 1 aromatic heterocycles. The monoisotopic (exact) mass is 257 g/mol. The summed E-state index contributed by atoms with van der Waals surface area (Å²) in [5.41, 5.74) is 2.62. The van der Waals surface area contributed by atoms with Crippen LogP contribution >= 0.6 is 0 Å². The number of carboxylic acids is 1. The first-order chi connectivity index (χ1) is 9.21. The minimum absolute atomic E-state index is 0.286. The molecular formula is C15H15NO3. The lowest BCUT2D eigenvalue weighted by molar-refractivity contribution is -0.163. The van der Waals surface area contributed by atoms with Gasteiger partial charge in [-0.15, -0.1) is 0 Å². The van der Waals surface area contributed by atoms with E-state index in [1.54, 1.807) is 0 Å². The van der Waals surface area contributed by atoms with Crippen molar-refractivity contribution < 1.29 is 14.6 Å². The van der Waals surface area contributed by atoms with Crippen molar-refractivity contribution in [1.29, 1.82) is 0 Å². The van der Waals surface area contributed by atoms with Crippen molar-refractivity contribution in [3.63, 3.8) is 0 Å². The number of hydrogen-bond acceptors (Lipinski definition) is 2. The van der Waals surface area contributed by atoms with E-state index in [-0.39, 0.29) is 13.2 Å². The van der Waals surface area contributed by atoms with Gasteiger partial charge >= 0.3 is 5.97 Å². The molecule has 0 radical (unpaired) electrons. The Morgan fingerprint density at radius 2 is 2.21 bits per heavy atom. The number of carboxylic acid groups (broad SMARTS) is 1. The Balaban J connectivity index is 1.95. The van der Waals surface area contributed by atoms with Crippen LogP contribution in [-0.2, 0) is 27.9 Å². The summed E-state index contributed by atoms with van der Waals surface area (Å²) in [5.74, 6) is -0.777. The van der Waals surface area contributed by atoms with Gasteiger partial charge in [0.1, 0.15) is 5.41 Å². The smallest absolute Gasteiger partial charge is 0.318 e. The Bertz CT molecular complexity index is 682. The second-order valence-electron chi connectivity index (χ2n) is 5.57. The van der Waals surface area contributed by atoms with Crippen LogP contribution in [0.25, 0.3) is 10.9 Å². The average molecular weight is 257 g/mol. The quantitative estimate of drug-likeness (QED) is 0.894. The number of aryl methyl sites for hydroxylation is 2. The molecule has 19 heavy (non-hydrogen) atoms. The number of nitrogens with zero attached hydrogens (tertiary/aromatic N) is 1. The highest BCUT2D eigenvalue weighted by Crippen LogP contribution is 2.37. The molecule has 1 fully saturated rings. The fraction of sp³-hybridized carbons (Fsp3) is 0.400. The highest BCUT2D eigenvalue weighted by molar-refractivity contribution is 5.89. The number of aromatic nitrogens is 1. The third-order valence-corrected chi connectivity index (χ3v) is 4.44. The number of aliphatic carboxylic acids is 1. The van der Waals surface area contributed by atoms with Gasteiger partial charge in [0.05, 0.1) is 18.7 Å². The molecule has 4 nitrogen and oxygen atoms in total. The zero-order valence-electron chi connectivity index (χ0n) is 10.6. The van der Waals surface area contributed by atoms with E-state index in [1.165, 1.54) is 11.1 Å². The molecule has 1 aromatic carbocycles. The molecular weight excluding hydrogens is 242 g/mol. The van der Waals surface area contributed by atoms with E-state index in [0.29, 0.717) is 0 Å². The highest BCUT2D eigenvalue weighted by Gasteiger charge is 2.48. The maximum atomic E-state index is 11.6. The van der Waals surface area contributed by atoms with Gasteiger partial charge in [-0.05, 0) is 36.1 Å². The van der Waals surface area contributed by atoms with Crippen molar-refractivity contribution in [1.82, 2.24) is 4.57 Å². The first-order valence-electron chi connectivity index (χ1n) is 6.64. The lowest BCUT2D eigenvalue weighted by atomic mass is 9.77. The molecule has 1 N–H and O–H groups in total. The molecule has 0 bridgehead atoms. The Morgan fingerprint density at radius 3 is 2.89 bits per heavy atom. The summed E-state index contributed by atoms with van der Waals surface area (Å²) in [5, 5.41) is 10.7. The van der Waals surface area contributed by atoms with Gasteiger partial charge in [-0.25, -0.2) is 0 Å². The van der Waals surface area contributed by atoms with Crippen LogP contribution in [0.2, 0.25) is 0 Å². The highest BCUT2D eigenvalue weighted by atomic mass is 16.5. The summed E-state index contributed by atoms with van der Waals surface area (Å²) >= 11 is 0. The molecule has 0 saturated carbocycles. The van der Waals surface area contributed by atoms with Crippen LogP contribution in [0.15, 0.2) is 24.4 Å². The number of benzene rings is 1. The molecule has 0 aliphatic carbocycles. The number of hydrogen-bond donors (Lipinski definition) is 1.